The summed E-state index contributed by atoms with van der Waals surface area (Å²) in [5.41, 5.74) is 6.51. The number of allylic oxidation sites excluding steroid dienone is 2. The van der Waals surface area contributed by atoms with Crippen LogP contribution in [-0.2, 0) is 25.7 Å². The number of hydrogen-bond acceptors (Lipinski definition) is 7. The Labute approximate surface area is 181 Å². The van der Waals surface area contributed by atoms with Gasteiger partial charge >= 0.3 is 5.97 Å². The van der Waals surface area contributed by atoms with E-state index in [1.165, 1.54) is 7.11 Å². The topological polar surface area (TPSA) is 101 Å². The third-order valence-corrected chi connectivity index (χ3v) is 5.72. The Morgan fingerprint density at radius 3 is 2.80 bits per heavy atom. The van der Waals surface area contributed by atoms with Gasteiger partial charge in [0.15, 0.2) is 5.78 Å². The normalized spacial score (nSPS) is 18.7. The van der Waals surface area contributed by atoms with Crippen molar-refractivity contribution in [2.75, 3.05) is 7.11 Å². The summed E-state index contributed by atoms with van der Waals surface area (Å²) in [5.74, 6) is 0.532. The lowest BCUT2D eigenvalue weighted by Gasteiger charge is -2.30. The molecule has 1 atom stereocenters. The van der Waals surface area contributed by atoms with E-state index in [0.717, 1.165) is 4.47 Å². The second kappa shape index (κ2) is 8.39. The quantitative estimate of drug-likeness (QED) is 0.652. The van der Waals surface area contributed by atoms with Gasteiger partial charge in [-0.3, -0.25) is 4.79 Å². The summed E-state index contributed by atoms with van der Waals surface area (Å²) in [5, 5.41) is 0. The molecule has 2 heterocycles. The maximum Gasteiger partial charge on any atom is 0.340 e. The van der Waals surface area contributed by atoms with Crippen LogP contribution >= 0.6 is 15.9 Å². The maximum absolute atomic E-state index is 12.7. The molecule has 0 fully saturated rings. The number of ketones is 1. The molecule has 0 saturated carbocycles. The molecule has 1 aromatic heterocycles. The minimum Gasteiger partial charge on any atom is -0.484 e. The summed E-state index contributed by atoms with van der Waals surface area (Å²) >= 11 is 3.44. The van der Waals surface area contributed by atoms with E-state index in [9.17, 15) is 9.59 Å². The summed E-state index contributed by atoms with van der Waals surface area (Å²) in [6.45, 7) is 0.179. The highest BCUT2D eigenvalue weighted by atomic mass is 79.9. The van der Waals surface area contributed by atoms with Crippen molar-refractivity contribution < 1.29 is 28.2 Å². The number of methoxy groups -OCH3 is 1. The number of carbonyl (C=O) groups excluding carboxylic acids is 2. The molecule has 2 aliphatic rings. The molecule has 0 saturated heterocycles. The summed E-state index contributed by atoms with van der Waals surface area (Å²) in [6.07, 6.45) is 1.63. The van der Waals surface area contributed by atoms with Crippen molar-refractivity contribution in [1.29, 1.82) is 0 Å². The van der Waals surface area contributed by atoms with Gasteiger partial charge in [0.25, 0.3) is 0 Å². The molecular formula is C22H20BrNO6. The van der Waals surface area contributed by atoms with Gasteiger partial charge in [-0.05, 0) is 46.6 Å². The number of rotatable bonds is 5. The Kier molecular flexibility index (Phi) is 5.67. The summed E-state index contributed by atoms with van der Waals surface area (Å²) in [6, 6.07) is 10.9. The number of para-hydroxylation sites is 1. The van der Waals surface area contributed by atoms with Crippen molar-refractivity contribution in [1.82, 2.24) is 0 Å². The standard InChI is InChI=1S/C22H20BrNO6/c1-27-22(26)20-19(18-14(25)6-4-8-16(18)30-21(20)24)17-10-9-12(29-17)11-28-15-7-3-2-5-13(15)23/h2-3,5,7,9-10,19H,4,6,8,11,24H2,1H3. The zero-order chi connectivity index (χ0) is 21.3. The number of nitrogens with two attached hydrogens (primary N) is 1. The van der Waals surface area contributed by atoms with Crippen molar-refractivity contribution in [3.05, 3.63) is 75.2 Å². The summed E-state index contributed by atoms with van der Waals surface area (Å²) < 4.78 is 23.1. The number of carbonyl (C=O) groups is 2. The van der Waals surface area contributed by atoms with E-state index < -0.39 is 11.9 Å². The van der Waals surface area contributed by atoms with Crippen molar-refractivity contribution in [2.45, 2.75) is 31.8 Å². The van der Waals surface area contributed by atoms with Gasteiger partial charge in [0.2, 0.25) is 5.88 Å². The Balaban J connectivity index is 1.66. The molecule has 0 bridgehead atoms. The molecule has 0 amide bonds. The van der Waals surface area contributed by atoms with Crippen LogP contribution in [0, 0.1) is 0 Å². The number of benzene rings is 1. The molecule has 1 aliphatic carbocycles. The zero-order valence-electron chi connectivity index (χ0n) is 16.3. The van der Waals surface area contributed by atoms with Gasteiger partial charge in [-0.2, -0.15) is 0 Å². The predicted molar refractivity (Wildman–Crippen MR) is 110 cm³/mol. The van der Waals surface area contributed by atoms with E-state index in [2.05, 4.69) is 15.9 Å². The molecule has 8 heteroatoms. The number of Topliss-reactive ketones (excluding diaryl/α,β-unsaturated/α-hetero) is 1. The Morgan fingerprint density at radius 1 is 1.23 bits per heavy atom. The highest BCUT2D eigenvalue weighted by molar-refractivity contribution is 9.10. The molecule has 0 spiro atoms. The van der Waals surface area contributed by atoms with Crippen molar-refractivity contribution in [3.63, 3.8) is 0 Å². The van der Waals surface area contributed by atoms with Gasteiger partial charge in [-0.25, -0.2) is 4.79 Å². The predicted octanol–water partition coefficient (Wildman–Crippen LogP) is 4.09. The second-order valence-corrected chi connectivity index (χ2v) is 7.80. The fourth-order valence-electron chi connectivity index (χ4n) is 3.69. The molecule has 30 heavy (non-hydrogen) atoms. The monoisotopic (exact) mass is 473 g/mol. The molecule has 1 aromatic carbocycles. The zero-order valence-corrected chi connectivity index (χ0v) is 17.9. The first kappa shape index (κ1) is 20.3. The summed E-state index contributed by atoms with van der Waals surface area (Å²) in [7, 11) is 1.26. The third-order valence-electron chi connectivity index (χ3n) is 5.06. The number of esters is 1. The smallest absolute Gasteiger partial charge is 0.340 e. The fourth-order valence-corrected chi connectivity index (χ4v) is 4.09. The molecule has 2 aromatic rings. The molecule has 4 rings (SSSR count). The van der Waals surface area contributed by atoms with Crippen LogP contribution in [0.5, 0.6) is 5.75 Å². The van der Waals surface area contributed by atoms with Crippen LogP contribution in [0.3, 0.4) is 0 Å². The van der Waals surface area contributed by atoms with Gasteiger partial charge in [-0.1, -0.05) is 12.1 Å². The SMILES string of the molecule is COC(=O)C1=C(N)OC2=C(C(=O)CCC2)C1c1ccc(COc2ccccc2Br)o1. The first-order valence-electron chi connectivity index (χ1n) is 9.47. The van der Waals surface area contributed by atoms with Crippen LogP contribution in [0.1, 0.15) is 36.7 Å². The second-order valence-electron chi connectivity index (χ2n) is 6.94. The van der Waals surface area contributed by atoms with Crippen molar-refractivity contribution in [2.24, 2.45) is 5.73 Å². The number of halogens is 1. The van der Waals surface area contributed by atoms with Crippen LogP contribution in [0.25, 0.3) is 0 Å². The van der Waals surface area contributed by atoms with E-state index in [1.807, 2.05) is 24.3 Å². The van der Waals surface area contributed by atoms with E-state index in [1.54, 1.807) is 12.1 Å². The molecule has 1 aliphatic heterocycles. The largest absolute Gasteiger partial charge is 0.484 e. The fraction of sp³-hybridized carbons (Fsp3) is 0.273. The lowest BCUT2D eigenvalue weighted by atomic mass is 9.79. The highest BCUT2D eigenvalue weighted by Crippen LogP contribution is 2.44. The first-order chi connectivity index (χ1) is 14.5. The lowest BCUT2D eigenvalue weighted by Crippen LogP contribution is -2.31. The van der Waals surface area contributed by atoms with Crippen molar-refractivity contribution >= 4 is 27.7 Å². The van der Waals surface area contributed by atoms with Gasteiger partial charge < -0.3 is 24.4 Å². The minimum absolute atomic E-state index is 0.0669. The van der Waals surface area contributed by atoms with Crippen LogP contribution in [-0.4, -0.2) is 18.9 Å². The average molecular weight is 474 g/mol. The maximum atomic E-state index is 12.7. The molecule has 7 nitrogen and oxygen atoms in total. The van der Waals surface area contributed by atoms with Gasteiger partial charge in [0.05, 0.1) is 17.5 Å². The molecule has 156 valence electrons. The van der Waals surface area contributed by atoms with Gasteiger partial charge in [-0.15, -0.1) is 0 Å². The van der Waals surface area contributed by atoms with E-state index in [0.29, 0.717) is 47.9 Å². The van der Waals surface area contributed by atoms with E-state index in [-0.39, 0.29) is 23.8 Å². The third kappa shape index (κ3) is 3.75. The van der Waals surface area contributed by atoms with Crippen LogP contribution in [0.2, 0.25) is 0 Å². The molecule has 0 radical (unpaired) electrons. The molecule has 2 N–H and O–H groups in total. The Hall–Kier alpha value is -3.00. The molecular weight excluding hydrogens is 454 g/mol. The van der Waals surface area contributed by atoms with Gasteiger partial charge in [0.1, 0.15) is 35.2 Å². The van der Waals surface area contributed by atoms with Crippen molar-refractivity contribution in [3.8, 4) is 5.75 Å². The molecule has 1 unspecified atom stereocenters. The Morgan fingerprint density at radius 2 is 2.03 bits per heavy atom. The highest BCUT2D eigenvalue weighted by Gasteiger charge is 2.42. The van der Waals surface area contributed by atoms with E-state index in [4.69, 9.17) is 24.4 Å². The van der Waals surface area contributed by atoms with E-state index >= 15 is 0 Å². The van der Waals surface area contributed by atoms with Gasteiger partial charge in [0, 0.05) is 18.4 Å². The average Bonchev–Trinajstić information content (AvgIpc) is 3.20. The Bertz CT molecular complexity index is 1070. The van der Waals surface area contributed by atoms with Crippen LogP contribution in [0.15, 0.2) is 68.1 Å². The van der Waals surface area contributed by atoms with Crippen LogP contribution < -0.4 is 10.5 Å². The minimum atomic E-state index is -0.772. The lowest BCUT2D eigenvalue weighted by molar-refractivity contribution is -0.136. The number of furan rings is 1. The van der Waals surface area contributed by atoms with Crippen LogP contribution in [0.4, 0.5) is 0 Å². The number of hydrogen-bond donors (Lipinski definition) is 1. The summed E-state index contributed by atoms with van der Waals surface area (Å²) in [4.78, 5) is 25.2. The first-order valence-corrected chi connectivity index (χ1v) is 10.3. The number of ether oxygens (including phenoxy) is 3.